The number of amidine groups is 1. The monoisotopic (exact) mass is 474 g/mol. The molecular formula is C23H25ClF2N6O. The fourth-order valence-corrected chi connectivity index (χ4v) is 3.65. The third kappa shape index (κ3) is 5.54. The van der Waals surface area contributed by atoms with Crippen molar-refractivity contribution in [3.8, 4) is 16.8 Å². The van der Waals surface area contributed by atoms with Gasteiger partial charge in [0.05, 0.1) is 12.2 Å². The van der Waals surface area contributed by atoms with Crippen molar-refractivity contribution in [1.82, 2.24) is 25.2 Å². The van der Waals surface area contributed by atoms with Crippen molar-refractivity contribution >= 4 is 23.3 Å². The Morgan fingerprint density at radius 3 is 2.55 bits per heavy atom. The number of aryl methyl sites for hydroxylation is 1. The van der Waals surface area contributed by atoms with E-state index in [0.29, 0.717) is 23.5 Å². The number of carbonyl (C=O) groups is 1. The van der Waals surface area contributed by atoms with E-state index in [9.17, 15) is 9.18 Å². The van der Waals surface area contributed by atoms with Crippen molar-refractivity contribution in [2.75, 3.05) is 6.54 Å². The Morgan fingerprint density at radius 1 is 1.24 bits per heavy atom. The van der Waals surface area contributed by atoms with E-state index in [1.165, 1.54) is 29.9 Å². The number of nitrogens with one attached hydrogen (secondary N) is 1. The highest BCUT2D eigenvalue weighted by molar-refractivity contribution is 6.31. The minimum atomic E-state index is -0.619. The molecule has 0 aliphatic carbocycles. The molecule has 0 fully saturated rings. The molecule has 0 saturated carbocycles. The third-order valence-corrected chi connectivity index (χ3v) is 5.14. The summed E-state index contributed by atoms with van der Waals surface area (Å²) in [5.74, 6) is -0.901. The fraction of sp³-hybridized carbons (Fsp3) is 0.304. The van der Waals surface area contributed by atoms with Crippen LogP contribution < -0.4 is 5.43 Å². The van der Waals surface area contributed by atoms with Crippen LogP contribution in [0.5, 0.6) is 0 Å². The molecule has 0 radical (unpaired) electrons. The molecule has 0 bridgehead atoms. The van der Waals surface area contributed by atoms with E-state index in [0.717, 1.165) is 5.56 Å². The molecule has 0 spiro atoms. The molecule has 1 atom stereocenters. The average molecular weight is 475 g/mol. The summed E-state index contributed by atoms with van der Waals surface area (Å²) in [7, 11) is 0. The van der Waals surface area contributed by atoms with Crippen molar-refractivity contribution in [3.63, 3.8) is 0 Å². The maximum atomic E-state index is 15.1. The molecular weight excluding hydrogens is 450 g/mol. The molecule has 33 heavy (non-hydrogen) atoms. The molecule has 1 amide bonds. The van der Waals surface area contributed by atoms with Crippen molar-refractivity contribution in [2.45, 2.75) is 40.7 Å². The van der Waals surface area contributed by atoms with Gasteiger partial charge in [-0.2, -0.15) is 5.10 Å². The number of hydrogen-bond acceptors (Lipinski definition) is 4. The predicted octanol–water partition coefficient (Wildman–Crippen LogP) is 5.03. The van der Waals surface area contributed by atoms with E-state index in [-0.39, 0.29) is 22.3 Å². The molecule has 0 saturated heterocycles. The van der Waals surface area contributed by atoms with Crippen LogP contribution in [0.2, 0.25) is 5.02 Å². The first-order valence-corrected chi connectivity index (χ1v) is 10.7. The molecule has 174 valence electrons. The Balaban J connectivity index is 1.99. The summed E-state index contributed by atoms with van der Waals surface area (Å²) in [5.41, 5.74) is 4.48. The number of nitrogens with zero attached hydrogens (tertiary/aromatic N) is 5. The Bertz CT molecular complexity index is 1210. The van der Waals surface area contributed by atoms with E-state index in [1.807, 2.05) is 13.8 Å². The second-order valence-electron chi connectivity index (χ2n) is 7.60. The average Bonchev–Trinajstić information content (AvgIpc) is 3.16. The van der Waals surface area contributed by atoms with Crippen LogP contribution in [-0.4, -0.2) is 38.1 Å². The van der Waals surface area contributed by atoms with Gasteiger partial charge >= 0.3 is 0 Å². The largest absolute Gasteiger partial charge is 0.274 e. The molecule has 1 N–H and O–H groups in total. The van der Waals surface area contributed by atoms with Gasteiger partial charge in [0, 0.05) is 42.0 Å². The standard InChI is InChI=1S/C23H25ClF2N6O/c1-6-31(30-16(5)33)15(4)29-14(3)22-20(25)7-17(11-27-22)19-8-18(24)9-21(26)23(19)32-12-13(2)10-28-32/h7-12,14H,6H2,1-5H3,(H,30,33). The van der Waals surface area contributed by atoms with Gasteiger partial charge in [-0.05, 0) is 51.5 Å². The summed E-state index contributed by atoms with van der Waals surface area (Å²) >= 11 is 6.09. The Kier molecular flexibility index (Phi) is 7.43. The van der Waals surface area contributed by atoms with Crippen LogP contribution in [0.4, 0.5) is 8.78 Å². The van der Waals surface area contributed by atoms with Crippen LogP contribution in [0.3, 0.4) is 0 Å². The van der Waals surface area contributed by atoms with Gasteiger partial charge < -0.3 is 0 Å². The van der Waals surface area contributed by atoms with Gasteiger partial charge in [0.1, 0.15) is 23.0 Å². The van der Waals surface area contributed by atoms with Gasteiger partial charge in [0.2, 0.25) is 5.91 Å². The highest BCUT2D eigenvalue weighted by Crippen LogP contribution is 2.33. The number of amides is 1. The lowest BCUT2D eigenvalue weighted by atomic mass is 10.0. The quantitative estimate of drug-likeness (QED) is 0.320. The fourth-order valence-electron chi connectivity index (χ4n) is 3.45. The molecule has 1 unspecified atom stereocenters. The normalized spacial score (nSPS) is 12.5. The predicted molar refractivity (Wildman–Crippen MR) is 124 cm³/mol. The summed E-state index contributed by atoms with van der Waals surface area (Å²) < 4.78 is 31.3. The number of benzene rings is 1. The van der Waals surface area contributed by atoms with Crippen molar-refractivity contribution < 1.29 is 13.6 Å². The van der Waals surface area contributed by atoms with E-state index >= 15 is 4.39 Å². The zero-order chi connectivity index (χ0) is 24.3. The van der Waals surface area contributed by atoms with Gasteiger partial charge in [-0.15, -0.1) is 0 Å². The summed E-state index contributed by atoms with van der Waals surface area (Å²) in [4.78, 5) is 20.1. The van der Waals surface area contributed by atoms with E-state index < -0.39 is 17.7 Å². The molecule has 2 aromatic heterocycles. The lowest BCUT2D eigenvalue weighted by molar-refractivity contribution is -0.122. The zero-order valence-electron chi connectivity index (χ0n) is 19.0. The molecule has 0 aliphatic heterocycles. The van der Waals surface area contributed by atoms with Gasteiger partial charge in [0.15, 0.2) is 5.82 Å². The summed E-state index contributed by atoms with van der Waals surface area (Å²) in [6.45, 7) is 9.00. The van der Waals surface area contributed by atoms with Crippen LogP contribution in [0.25, 0.3) is 16.8 Å². The SMILES string of the molecule is CCN(NC(C)=O)C(C)=NC(C)c1ncc(-c2cc(Cl)cc(F)c2-n2cc(C)cn2)cc1F. The number of pyridine rings is 1. The van der Waals surface area contributed by atoms with Gasteiger partial charge in [-0.25, -0.2) is 13.5 Å². The number of carbonyl (C=O) groups excluding carboxylic acids is 1. The van der Waals surface area contributed by atoms with Crippen LogP contribution in [0, 0.1) is 18.6 Å². The Hall–Kier alpha value is -3.33. The first-order chi connectivity index (χ1) is 15.6. The second-order valence-corrected chi connectivity index (χ2v) is 8.04. The van der Waals surface area contributed by atoms with E-state index in [1.54, 1.807) is 37.3 Å². The van der Waals surface area contributed by atoms with E-state index in [4.69, 9.17) is 11.6 Å². The molecule has 10 heteroatoms. The zero-order valence-corrected chi connectivity index (χ0v) is 19.8. The molecule has 1 aromatic carbocycles. The second kappa shape index (κ2) is 10.1. The molecule has 3 rings (SSSR count). The number of rotatable bonds is 5. The van der Waals surface area contributed by atoms with Crippen LogP contribution in [0.15, 0.2) is 41.8 Å². The molecule has 0 aliphatic rings. The lowest BCUT2D eigenvalue weighted by Gasteiger charge is -2.23. The van der Waals surface area contributed by atoms with Crippen molar-refractivity contribution in [1.29, 1.82) is 0 Å². The van der Waals surface area contributed by atoms with Crippen LogP contribution in [0.1, 0.15) is 45.0 Å². The summed E-state index contributed by atoms with van der Waals surface area (Å²) in [5, 5.41) is 5.92. The minimum Gasteiger partial charge on any atom is -0.274 e. The highest BCUT2D eigenvalue weighted by atomic mass is 35.5. The number of hydrogen-bond donors (Lipinski definition) is 1. The van der Waals surface area contributed by atoms with Gasteiger partial charge in [0.25, 0.3) is 0 Å². The van der Waals surface area contributed by atoms with E-state index in [2.05, 4.69) is 20.5 Å². The first-order valence-electron chi connectivity index (χ1n) is 10.4. The lowest BCUT2D eigenvalue weighted by Crippen LogP contribution is -2.44. The minimum absolute atomic E-state index is 0.121. The molecule has 2 heterocycles. The topological polar surface area (TPSA) is 75.4 Å². The third-order valence-electron chi connectivity index (χ3n) is 4.93. The van der Waals surface area contributed by atoms with Crippen molar-refractivity contribution in [3.05, 3.63) is 64.7 Å². The summed E-state index contributed by atoms with van der Waals surface area (Å²) in [6.07, 6.45) is 4.72. The molecule has 3 aromatic rings. The number of aromatic nitrogens is 3. The maximum absolute atomic E-state index is 15.1. The van der Waals surface area contributed by atoms with Crippen LogP contribution in [-0.2, 0) is 4.79 Å². The molecule has 7 nitrogen and oxygen atoms in total. The van der Waals surface area contributed by atoms with Crippen LogP contribution >= 0.6 is 11.6 Å². The van der Waals surface area contributed by atoms with Gasteiger partial charge in [-0.3, -0.25) is 25.2 Å². The Labute approximate surface area is 196 Å². The number of hydrazine groups is 1. The summed E-state index contributed by atoms with van der Waals surface area (Å²) in [6, 6.07) is 3.39. The smallest absolute Gasteiger partial charge is 0.235 e. The Morgan fingerprint density at radius 2 is 1.97 bits per heavy atom. The maximum Gasteiger partial charge on any atom is 0.235 e. The number of aliphatic imine (C=N–C) groups is 1. The van der Waals surface area contributed by atoms with Crippen molar-refractivity contribution in [2.24, 2.45) is 4.99 Å². The number of halogens is 3. The highest BCUT2D eigenvalue weighted by Gasteiger charge is 2.19. The first kappa shape index (κ1) is 24.3. The van der Waals surface area contributed by atoms with Gasteiger partial charge in [-0.1, -0.05) is 11.6 Å².